The lowest BCUT2D eigenvalue weighted by atomic mass is 9.92. The molecule has 1 aromatic carbocycles. The second kappa shape index (κ2) is 4.75. The average Bonchev–Trinajstić information content (AvgIpc) is 2.19. The van der Waals surface area contributed by atoms with Crippen molar-refractivity contribution in [2.24, 2.45) is 0 Å². The number of aliphatic hydroxyl groups excluding tert-OH is 1. The van der Waals surface area contributed by atoms with Crippen molar-refractivity contribution in [1.29, 1.82) is 0 Å². The molecule has 0 spiro atoms. The van der Waals surface area contributed by atoms with Gasteiger partial charge in [-0.05, 0) is 31.4 Å². The van der Waals surface area contributed by atoms with E-state index in [0.29, 0.717) is 5.56 Å². The molecule has 0 amide bonds. The van der Waals surface area contributed by atoms with Gasteiger partial charge in [0, 0.05) is 0 Å². The summed E-state index contributed by atoms with van der Waals surface area (Å²) in [5, 5.41) is 9.33. The van der Waals surface area contributed by atoms with Crippen LogP contribution < -0.4 is 0 Å². The highest BCUT2D eigenvalue weighted by Crippen LogP contribution is 2.29. The molecular formula is C13H19FO. The summed E-state index contributed by atoms with van der Waals surface area (Å²) in [5.41, 5.74) is 0.0880. The van der Waals surface area contributed by atoms with Gasteiger partial charge in [0.05, 0.1) is 6.10 Å². The van der Waals surface area contributed by atoms with Crippen molar-refractivity contribution in [1.82, 2.24) is 0 Å². The Kier molecular flexibility index (Phi) is 3.86. The van der Waals surface area contributed by atoms with Gasteiger partial charge in [-0.25, -0.2) is 4.39 Å². The zero-order chi connectivity index (χ0) is 11.5. The molecule has 1 rings (SSSR count). The molecule has 0 saturated carbocycles. The molecule has 0 aliphatic heterocycles. The third kappa shape index (κ3) is 2.78. The monoisotopic (exact) mass is 210 g/mol. The maximum absolute atomic E-state index is 14.0. The molecule has 0 aromatic heterocycles. The molecule has 15 heavy (non-hydrogen) atoms. The van der Waals surface area contributed by atoms with Gasteiger partial charge < -0.3 is 5.11 Å². The molecule has 0 saturated heterocycles. The Morgan fingerprint density at radius 3 is 2.27 bits per heavy atom. The minimum atomic E-state index is -1.66. The number of alkyl halides is 1. The first kappa shape index (κ1) is 12.2. The average molecular weight is 210 g/mol. The molecule has 1 aromatic rings. The Balaban J connectivity index is 2.88. The van der Waals surface area contributed by atoms with E-state index in [1.807, 2.05) is 12.1 Å². The van der Waals surface area contributed by atoms with E-state index in [2.05, 4.69) is 6.92 Å². The van der Waals surface area contributed by atoms with Gasteiger partial charge in [0.15, 0.2) is 5.67 Å². The predicted molar refractivity (Wildman–Crippen MR) is 60.6 cm³/mol. The summed E-state index contributed by atoms with van der Waals surface area (Å²) in [7, 11) is 0. The minimum absolute atomic E-state index is 0.539. The van der Waals surface area contributed by atoms with Crippen molar-refractivity contribution in [2.75, 3.05) is 0 Å². The molecule has 0 radical (unpaired) electrons. The number of benzene rings is 1. The van der Waals surface area contributed by atoms with Gasteiger partial charge >= 0.3 is 0 Å². The largest absolute Gasteiger partial charge is 0.390 e. The first-order valence-corrected chi connectivity index (χ1v) is 5.45. The van der Waals surface area contributed by atoms with Gasteiger partial charge in [-0.2, -0.15) is 0 Å². The molecule has 0 bridgehead atoms. The Bertz CT molecular complexity index is 301. The van der Waals surface area contributed by atoms with E-state index in [-0.39, 0.29) is 0 Å². The highest BCUT2D eigenvalue weighted by molar-refractivity contribution is 5.27. The summed E-state index contributed by atoms with van der Waals surface area (Å²) >= 11 is 0. The zero-order valence-corrected chi connectivity index (χ0v) is 9.63. The number of aryl methyl sites for hydroxylation is 1. The highest BCUT2D eigenvalue weighted by atomic mass is 19.1. The van der Waals surface area contributed by atoms with E-state index in [4.69, 9.17) is 0 Å². The summed E-state index contributed by atoms with van der Waals surface area (Å²) in [4.78, 5) is 0. The van der Waals surface area contributed by atoms with Crippen LogP contribution in [0.5, 0.6) is 0 Å². The Hall–Kier alpha value is -0.890. The maximum Gasteiger partial charge on any atom is 0.158 e. The van der Waals surface area contributed by atoms with E-state index >= 15 is 0 Å². The smallest absolute Gasteiger partial charge is 0.158 e. The Morgan fingerprint density at radius 1 is 1.33 bits per heavy atom. The summed E-state index contributed by atoms with van der Waals surface area (Å²) < 4.78 is 14.0. The van der Waals surface area contributed by atoms with Gasteiger partial charge in [0.1, 0.15) is 0 Å². The van der Waals surface area contributed by atoms with Gasteiger partial charge in [-0.1, -0.05) is 37.6 Å². The van der Waals surface area contributed by atoms with E-state index in [0.717, 1.165) is 12.8 Å². The molecule has 1 nitrogen and oxygen atoms in total. The van der Waals surface area contributed by atoms with Crippen molar-refractivity contribution >= 4 is 0 Å². The first-order valence-electron chi connectivity index (χ1n) is 5.45. The van der Waals surface area contributed by atoms with Crippen LogP contribution in [0.4, 0.5) is 4.39 Å². The fourth-order valence-corrected chi connectivity index (χ4v) is 1.53. The summed E-state index contributed by atoms with van der Waals surface area (Å²) in [5.74, 6) is 0. The van der Waals surface area contributed by atoms with E-state index in [1.54, 1.807) is 12.1 Å². The Morgan fingerprint density at radius 2 is 1.87 bits per heavy atom. The van der Waals surface area contributed by atoms with Crippen LogP contribution in [-0.2, 0) is 12.1 Å². The Labute approximate surface area is 90.9 Å². The van der Waals surface area contributed by atoms with Crippen molar-refractivity contribution in [2.45, 2.75) is 45.4 Å². The quantitative estimate of drug-likeness (QED) is 0.809. The number of aliphatic hydroxyl groups is 1. The summed E-state index contributed by atoms with van der Waals surface area (Å²) in [6.07, 6.45) is 1.11. The van der Waals surface area contributed by atoms with Gasteiger partial charge in [-0.3, -0.25) is 0 Å². The SMILES string of the molecule is CCCc1ccc(C(C)(F)C(C)O)cc1. The topological polar surface area (TPSA) is 20.2 Å². The van der Waals surface area contributed by atoms with E-state index in [9.17, 15) is 9.50 Å². The molecule has 0 aliphatic rings. The molecule has 2 unspecified atom stereocenters. The van der Waals surface area contributed by atoms with Crippen molar-refractivity contribution in [3.63, 3.8) is 0 Å². The fourth-order valence-electron chi connectivity index (χ4n) is 1.53. The minimum Gasteiger partial charge on any atom is -0.390 e. The van der Waals surface area contributed by atoms with E-state index in [1.165, 1.54) is 19.4 Å². The van der Waals surface area contributed by atoms with Crippen molar-refractivity contribution in [3.8, 4) is 0 Å². The number of hydrogen-bond acceptors (Lipinski definition) is 1. The van der Waals surface area contributed by atoms with Crippen LogP contribution in [-0.4, -0.2) is 11.2 Å². The molecule has 2 heteroatoms. The molecule has 1 N–H and O–H groups in total. The standard InChI is InChI=1S/C13H19FO/c1-4-5-11-6-8-12(9-7-11)13(3,14)10(2)15/h6-10,15H,4-5H2,1-3H3. The number of rotatable bonds is 4. The third-order valence-electron chi connectivity index (χ3n) is 2.84. The van der Waals surface area contributed by atoms with Crippen LogP contribution in [0.15, 0.2) is 24.3 Å². The van der Waals surface area contributed by atoms with Gasteiger partial charge in [-0.15, -0.1) is 0 Å². The van der Waals surface area contributed by atoms with Crippen LogP contribution in [0.25, 0.3) is 0 Å². The normalized spacial score (nSPS) is 17.1. The van der Waals surface area contributed by atoms with Crippen LogP contribution in [0.3, 0.4) is 0 Å². The second-order valence-electron chi connectivity index (χ2n) is 4.20. The van der Waals surface area contributed by atoms with Crippen LogP contribution >= 0.6 is 0 Å². The highest BCUT2D eigenvalue weighted by Gasteiger charge is 2.31. The van der Waals surface area contributed by atoms with Gasteiger partial charge in [0.2, 0.25) is 0 Å². The number of halogens is 1. The number of hydrogen-bond donors (Lipinski definition) is 1. The van der Waals surface area contributed by atoms with Crippen LogP contribution in [0.1, 0.15) is 38.3 Å². The third-order valence-corrected chi connectivity index (χ3v) is 2.84. The summed E-state index contributed by atoms with van der Waals surface area (Å²) in [6.45, 7) is 5.00. The lowest BCUT2D eigenvalue weighted by molar-refractivity contribution is 0.0135. The lowest BCUT2D eigenvalue weighted by Crippen LogP contribution is -2.29. The lowest BCUT2D eigenvalue weighted by Gasteiger charge is -2.24. The molecule has 2 atom stereocenters. The first-order chi connectivity index (χ1) is 6.98. The molecular weight excluding hydrogens is 191 g/mol. The van der Waals surface area contributed by atoms with Crippen molar-refractivity contribution in [3.05, 3.63) is 35.4 Å². The zero-order valence-electron chi connectivity index (χ0n) is 9.63. The molecule has 0 heterocycles. The van der Waals surface area contributed by atoms with Crippen LogP contribution in [0.2, 0.25) is 0 Å². The molecule has 84 valence electrons. The van der Waals surface area contributed by atoms with Crippen LogP contribution in [0, 0.1) is 0 Å². The fraction of sp³-hybridized carbons (Fsp3) is 0.538. The summed E-state index contributed by atoms with van der Waals surface area (Å²) in [6, 6.07) is 7.38. The van der Waals surface area contributed by atoms with E-state index < -0.39 is 11.8 Å². The second-order valence-corrected chi connectivity index (χ2v) is 4.20. The van der Waals surface area contributed by atoms with Crippen molar-refractivity contribution < 1.29 is 9.50 Å². The van der Waals surface area contributed by atoms with Gasteiger partial charge in [0.25, 0.3) is 0 Å². The molecule has 0 fully saturated rings. The maximum atomic E-state index is 14.0. The molecule has 0 aliphatic carbocycles. The predicted octanol–water partition coefficient (Wildman–Crippen LogP) is 3.20.